The maximum absolute atomic E-state index is 12.7. The smallest absolute Gasteiger partial charge is 0.233 e. The Morgan fingerprint density at radius 2 is 2.00 bits per heavy atom. The molecule has 0 aliphatic carbocycles. The van der Waals surface area contributed by atoms with E-state index in [2.05, 4.69) is 17.1 Å². The van der Waals surface area contributed by atoms with Gasteiger partial charge >= 0.3 is 0 Å². The summed E-state index contributed by atoms with van der Waals surface area (Å²) in [6, 6.07) is 9.99. The fourth-order valence-corrected chi connectivity index (χ4v) is 2.92. The van der Waals surface area contributed by atoms with Gasteiger partial charge in [0.15, 0.2) is 5.82 Å². The second kappa shape index (κ2) is 6.52. The molecule has 3 rings (SSSR count). The van der Waals surface area contributed by atoms with Crippen molar-refractivity contribution in [1.29, 1.82) is 0 Å². The zero-order chi connectivity index (χ0) is 16.4. The Kier molecular flexibility index (Phi) is 4.46. The Morgan fingerprint density at radius 1 is 1.30 bits per heavy atom. The van der Waals surface area contributed by atoms with Crippen molar-refractivity contribution in [2.24, 2.45) is 0 Å². The maximum atomic E-state index is 12.7. The number of likely N-dealkylation sites (tertiary alicyclic amines) is 1. The molecule has 122 valence electrons. The van der Waals surface area contributed by atoms with Crippen molar-refractivity contribution < 1.29 is 9.32 Å². The fourth-order valence-electron chi connectivity index (χ4n) is 2.92. The molecule has 23 heavy (non-hydrogen) atoms. The minimum Gasteiger partial charge on any atom is -0.340 e. The van der Waals surface area contributed by atoms with Gasteiger partial charge in [-0.3, -0.25) is 4.79 Å². The molecule has 1 amide bonds. The molecule has 0 saturated carbocycles. The second-order valence-corrected chi connectivity index (χ2v) is 6.46. The summed E-state index contributed by atoms with van der Waals surface area (Å²) in [6.45, 7) is 7.47. The normalized spacial score (nSPS) is 16.4. The van der Waals surface area contributed by atoms with Gasteiger partial charge in [0.25, 0.3) is 0 Å². The Hall–Kier alpha value is -2.17. The van der Waals surface area contributed by atoms with E-state index < -0.39 is 0 Å². The van der Waals surface area contributed by atoms with Crippen LogP contribution < -0.4 is 0 Å². The molecule has 1 aromatic carbocycles. The number of amides is 1. The van der Waals surface area contributed by atoms with Crippen molar-refractivity contribution in [2.75, 3.05) is 13.1 Å². The highest BCUT2D eigenvalue weighted by atomic mass is 16.5. The quantitative estimate of drug-likeness (QED) is 0.849. The van der Waals surface area contributed by atoms with Crippen molar-refractivity contribution in [2.45, 2.75) is 44.9 Å². The van der Waals surface area contributed by atoms with Crippen LogP contribution in [0.3, 0.4) is 0 Å². The van der Waals surface area contributed by atoms with Gasteiger partial charge in [0.05, 0.1) is 11.8 Å². The number of nitrogens with zero attached hydrogens (tertiary/aromatic N) is 3. The standard InChI is InChI=1S/C18H23N3O2/c1-4-15(13-8-6-5-7-9-13)18(22)21-10-14(11-21)17-19-16(12(2)3)20-23-17/h5-9,12,14-15H,4,10-11H2,1-3H3. The van der Waals surface area contributed by atoms with E-state index in [1.54, 1.807) is 0 Å². The third-order valence-corrected chi connectivity index (χ3v) is 4.42. The predicted octanol–water partition coefficient (Wildman–Crippen LogP) is 3.31. The Bertz CT molecular complexity index is 660. The van der Waals surface area contributed by atoms with Crippen LogP contribution in [0.15, 0.2) is 34.9 Å². The Morgan fingerprint density at radius 3 is 2.57 bits per heavy atom. The van der Waals surface area contributed by atoms with Gasteiger partial charge in [-0.25, -0.2) is 0 Å². The zero-order valence-electron chi connectivity index (χ0n) is 13.9. The molecule has 2 heterocycles. The van der Waals surface area contributed by atoms with Crippen LogP contribution in [0.25, 0.3) is 0 Å². The monoisotopic (exact) mass is 313 g/mol. The van der Waals surface area contributed by atoms with E-state index in [1.165, 1.54) is 0 Å². The number of aromatic nitrogens is 2. The first-order valence-electron chi connectivity index (χ1n) is 8.27. The van der Waals surface area contributed by atoms with Crippen LogP contribution in [0.2, 0.25) is 0 Å². The van der Waals surface area contributed by atoms with Crippen molar-refractivity contribution in [3.63, 3.8) is 0 Å². The number of hydrogen-bond acceptors (Lipinski definition) is 4. The van der Waals surface area contributed by atoms with E-state index in [0.717, 1.165) is 17.8 Å². The van der Waals surface area contributed by atoms with Crippen LogP contribution in [-0.2, 0) is 4.79 Å². The molecule has 5 heteroatoms. The lowest BCUT2D eigenvalue weighted by Crippen LogP contribution is -2.50. The third kappa shape index (κ3) is 3.14. The van der Waals surface area contributed by atoms with Gasteiger partial charge in [0.2, 0.25) is 11.8 Å². The maximum Gasteiger partial charge on any atom is 0.233 e. The van der Waals surface area contributed by atoms with Gasteiger partial charge in [-0.15, -0.1) is 0 Å². The van der Waals surface area contributed by atoms with E-state index in [4.69, 9.17) is 4.52 Å². The molecule has 1 saturated heterocycles. The highest BCUT2D eigenvalue weighted by Crippen LogP contribution is 2.31. The van der Waals surface area contributed by atoms with Gasteiger partial charge in [-0.2, -0.15) is 4.98 Å². The summed E-state index contributed by atoms with van der Waals surface area (Å²) in [5, 5.41) is 4.00. The molecule has 0 N–H and O–H groups in total. The van der Waals surface area contributed by atoms with E-state index in [9.17, 15) is 4.79 Å². The molecule has 1 atom stereocenters. The van der Waals surface area contributed by atoms with Crippen LogP contribution in [0.5, 0.6) is 0 Å². The first-order valence-corrected chi connectivity index (χ1v) is 8.27. The summed E-state index contributed by atoms with van der Waals surface area (Å²) >= 11 is 0. The van der Waals surface area contributed by atoms with Crippen LogP contribution in [0, 0.1) is 0 Å². The number of rotatable bonds is 5. The van der Waals surface area contributed by atoms with Crippen molar-refractivity contribution in [3.05, 3.63) is 47.6 Å². The molecule has 0 bridgehead atoms. The van der Waals surface area contributed by atoms with Crippen LogP contribution in [0.4, 0.5) is 0 Å². The molecular weight excluding hydrogens is 290 g/mol. The van der Waals surface area contributed by atoms with Crippen LogP contribution in [-0.4, -0.2) is 34.0 Å². The number of carbonyl (C=O) groups is 1. The van der Waals surface area contributed by atoms with E-state index in [-0.39, 0.29) is 23.7 Å². The van der Waals surface area contributed by atoms with Crippen LogP contribution >= 0.6 is 0 Å². The fraction of sp³-hybridized carbons (Fsp3) is 0.500. The summed E-state index contributed by atoms with van der Waals surface area (Å²) in [5.41, 5.74) is 1.09. The minimum absolute atomic E-state index is 0.0638. The molecule has 1 aromatic heterocycles. The molecule has 1 aliphatic rings. The summed E-state index contributed by atoms with van der Waals surface area (Å²) in [4.78, 5) is 19.0. The molecule has 0 spiro atoms. The lowest BCUT2D eigenvalue weighted by Gasteiger charge is -2.39. The molecule has 5 nitrogen and oxygen atoms in total. The number of carbonyl (C=O) groups excluding carboxylic acids is 1. The molecule has 1 unspecified atom stereocenters. The van der Waals surface area contributed by atoms with Gasteiger partial charge in [-0.1, -0.05) is 56.3 Å². The third-order valence-electron chi connectivity index (χ3n) is 4.42. The number of hydrogen-bond donors (Lipinski definition) is 0. The van der Waals surface area contributed by atoms with E-state index >= 15 is 0 Å². The molecule has 1 fully saturated rings. The number of benzene rings is 1. The average molecular weight is 313 g/mol. The largest absolute Gasteiger partial charge is 0.340 e. The minimum atomic E-state index is -0.0638. The van der Waals surface area contributed by atoms with Gasteiger partial charge in [0, 0.05) is 19.0 Å². The van der Waals surface area contributed by atoms with Gasteiger partial charge < -0.3 is 9.42 Å². The van der Waals surface area contributed by atoms with Gasteiger partial charge in [-0.05, 0) is 12.0 Å². The first-order chi connectivity index (χ1) is 11.1. The summed E-state index contributed by atoms with van der Waals surface area (Å²) < 4.78 is 5.33. The topological polar surface area (TPSA) is 59.2 Å². The lowest BCUT2D eigenvalue weighted by molar-refractivity contribution is -0.137. The summed E-state index contributed by atoms with van der Waals surface area (Å²) in [5.74, 6) is 1.95. The predicted molar refractivity (Wildman–Crippen MR) is 87.2 cm³/mol. The van der Waals surface area contributed by atoms with Crippen molar-refractivity contribution >= 4 is 5.91 Å². The van der Waals surface area contributed by atoms with Gasteiger partial charge in [0.1, 0.15) is 0 Å². The zero-order valence-corrected chi connectivity index (χ0v) is 13.9. The van der Waals surface area contributed by atoms with E-state index in [0.29, 0.717) is 19.0 Å². The SMILES string of the molecule is CCC(C(=O)N1CC(c2nc(C(C)C)no2)C1)c1ccccc1. The second-order valence-electron chi connectivity index (χ2n) is 6.46. The highest BCUT2D eigenvalue weighted by Gasteiger charge is 2.38. The average Bonchev–Trinajstić information content (AvgIpc) is 2.97. The molecule has 1 aliphatic heterocycles. The molecular formula is C18H23N3O2. The van der Waals surface area contributed by atoms with E-state index in [1.807, 2.05) is 49.1 Å². The highest BCUT2D eigenvalue weighted by molar-refractivity contribution is 5.84. The van der Waals surface area contributed by atoms with Crippen molar-refractivity contribution in [1.82, 2.24) is 15.0 Å². The molecule has 2 aromatic rings. The lowest BCUT2D eigenvalue weighted by atomic mass is 9.91. The summed E-state index contributed by atoms with van der Waals surface area (Å²) in [7, 11) is 0. The van der Waals surface area contributed by atoms with Crippen LogP contribution in [0.1, 0.15) is 62.2 Å². The first kappa shape index (κ1) is 15.7. The molecule has 0 radical (unpaired) electrons. The Balaban J connectivity index is 1.62. The Labute approximate surface area is 136 Å². The summed E-state index contributed by atoms with van der Waals surface area (Å²) in [6.07, 6.45) is 0.808. The van der Waals surface area contributed by atoms with Crippen molar-refractivity contribution in [3.8, 4) is 0 Å².